The quantitative estimate of drug-likeness (QED) is 0.627. The summed E-state index contributed by atoms with van der Waals surface area (Å²) in [5.74, 6) is 0.598. The van der Waals surface area contributed by atoms with Gasteiger partial charge in [0, 0.05) is 11.1 Å². The van der Waals surface area contributed by atoms with Crippen molar-refractivity contribution in [1.82, 2.24) is 9.78 Å². The maximum absolute atomic E-state index is 12.4. The molecule has 2 aromatic carbocycles. The van der Waals surface area contributed by atoms with Crippen LogP contribution in [-0.4, -0.2) is 22.3 Å². The van der Waals surface area contributed by atoms with Gasteiger partial charge in [0.1, 0.15) is 0 Å². The van der Waals surface area contributed by atoms with E-state index < -0.39 is 0 Å². The molecule has 1 aromatic heterocycles. The Balaban J connectivity index is 1.91. The summed E-state index contributed by atoms with van der Waals surface area (Å²) in [6.45, 7) is 4.68. The van der Waals surface area contributed by atoms with Gasteiger partial charge in [-0.15, -0.1) is 0 Å². The molecule has 144 valence electrons. The second-order valence-electron chi connectivity index (χ2n) is 6.78. The standard InChI is InChI=1S/C22H22ClN3O2/c1-16(2)15-28-22-13-18(14-24-26(22)19-9-4-3-5-10-19)25-21(27)12-17-8-6-7-11-20(17)23/h3-11,13-14,16H,12,15H2,1-2H3/b25-18-. The van der Waals surface area contributed by atoms with Gasteiger partial charge in [0.15, 0.2) is 0 Å². The highest BCUT2D eigenvalue weighted by Gasteiger charge is 2.09. The Kier molecular flexibility index (Phi) is 6.61. The third-order valence-electron chi connectivity index (χ3n) is 3.90. The molecular weight excluding hydrogens is 374 g/mol. The molecule has 0 spiro atoms. The van der Waals surface area contributed by atoms with E-state index in [0.29, 0.717) is 28.8 Å². The Morgan fingerprint density at radius 1 is 1.14 bits per heavy atom. The fraction of sp³-hybridized carbons (Fsp3) is 0.227. The minimum Gasteiger partial charge on any atom is -0.477 e. The Morgan fingerprint density at radius 3 is 2.57 bits per heavy atom. The molecule has 0 fully saturated rings. The van der Waals surface area contributed by atoms with Crippen molar-refractivity contribution in [3.8, 4) is 11.6 Å². The smallest absolute Gasteiger partial charge is 0.250 e. The first-order chi connectivity index (χ1) is 13.5. The van der Waals surface area contributed by atoms with Crippen LogP contribution in [0.3, 0.4) is 0 Å². The highest BCUT2D eigenvalue weighted by Crippen LogP contribution is 2.16. The van der Waals surface area contributed by atoms with E-state index in [0.717, 1.165) is 11.3 Å². The zero-order chi connectivity index (χ0) is 19.9. The second kappa shape index (κ2) is 9.33. The summed E-state index contributed by atoms with van der Waals surface area (Å²) in [6.07, 6.45) is 1.69. The average molecular weight is 396 g/mol. The topological polar surface area (TPSA) is 56.5 Å². The van der Waals surface area contributed by atoms with E-state index in [1.807, 2.05) is 48.5 Å². The molecule has 1 heterocycles. The summed E-state index contributed by atoms with van der Waals surface area (Å²) in [5.41, 5.74) is 1.62. The molecule has 0 bridgehead atoms. The Labute approximate surface area is 169 Å². The van der Waals surface area contributed by atoms with Gasteiger partial charge in [-0.2, -0.15) is 5.10 Å². The molecule has 5 nitrogen and oxygen atoms in total. The van der Waals surface area contributed by atoms with Gasteiger partial charge in [-0.05, 0) is 29.7 Å². The van der Waals surface area contributed by atoms with Gasteiger partial charge in [-0.1, -0.05) is 61.8 Å². The van der Waals surface area contributed by atoms with Gasteiger partial charge in [0.25, 0.3) is 5.91 Å². The number of hydrogen-bond donors (Lipinski definition) is 0. The van der Waals surface area contributed by atoms with E-state index in [9.17, 15) is 4.79 Å². The van der Waals surface area contributed by atoms with Crippen LogP contribution in [0.25, 0.3) is 5.69 Å². The second-order valence-corrected chi connectivity index (χ2v) is 7.19. The summed E-state index contributed by atoms with van der Waals surface area (Å²) in [6, 6.07) is 18.7. The van der Waals surface area contributed by atoms with Crippen molar-refractivity contribution >= 4 is 17.5 Å². The van der Waals surface area contributed by atoms with Crippen LogP contribution in [-0.2, 0) is 11.2 Å². The first-order valence-electron chi connectivity index (χ1n) is 9.11. The minimum absolute atomic E-state index is 0.134. The summed E-state index contributed by atoms with van der Waals surface area (Å²) < 4.78 is 7.62. The van der Waals surface area contributed by atoms with Gasteiger partial charge in [0.2, 0.25) is 5.88 Å². The van der Waals surface area contributed by atoms with Crippen LogP contribution in [0.4, 0.5) is 0 Å². The summed E-state index contributed by atoms with van der Waals surface area (Å²) in [7, 11) is 0. The van der Waals surface area contributed by atoms with E-state index >= 15 is 0 Å². The van der Waals surface area contributed by atoms with Crippen LogP contribution < -0.4 is 10.1 Å². The van der Waals surface area contributed by atoms with Crippen molar-refractivity contribution in [3.63, 3.8) is 0 Å². The van der Waals surface area contributed by atoms with Crippen molar-refractivity contribution in [1.29, 1.82) is 0 Å². The van der Waals surface area contributed by atoms with Crippen LogP contribution in [0.1, 0.15) is 19.4 Å². The van der Waals surface area contributed by atoms with Gasteiger partial charge in [-0.25, -0.2) is 9.67 Å². The lowest BCUT2D eigenvalue weighted by molar-refractivity contribution is -0.117. The molecule has 0 radical (unpaired) electrons. The summed E-state index contributed by atoms with van der Waals surface area (Å²) in [5, 5.41) is 5.43. The molecule has 0 aliphatic carbocycles. The number of carbonyl (C=O) groups is 1. The van der Waals surface area contributed by atoms with Crippen LogP contribution >= 0.6 is 11.6 Å². The summed E-state index contributed by atoms with van der Waals surface area (Å²) in [4.78, 5) is 16.5. The zero-order valence-corrected chi connectivity index (χ0v) is 16.6. The number of ether oxygens (including phenoxy) is 1. The fourth-order valence-corrected chi connectivity index (χ4v) is 2.77. The van der Waals surface area contributed by atoms with E-state index in [2.05, 4.69) is 23.9 Å². The molecular formula is C22H22ClN3O2. The van der Waals surface area contributed by atoms with E-state index in [-0.39, 0.29) is 12.3 Å². The number of rotatable bonds is 6. The number of benzene rings is 2. The molecule has 3 aromatic rings. The molecule has 1 amide bonds. The first-order valence-corrected chi connectivity index (χ1v) is 9.49. The third-order valence-corrected chi connectivity index (χ3v) is 4.27. The Bertz CT molecular complexity index is 1010. The molecule has 0 unspecified atom stereocenters. The van der Waals surface area contributed by atoms with Crippen molar-refractivity contribution in [3.05, 3.63) is 82.8 Å². The lowest BCUT2D eigenvalue weighted by Gasteiger charge is -2.14. The third kappa shape index (κ3) is 5.30. The number of carbonyl (C=O) groups excluding carboxylic acids is 1. The van der Waals surface area contributed by atoms with Crippen LogP contribution in [0.5, 0.6) is 5.88 Å². The van der Waals surface area contributed by atoms with Crippen molar-refractivity contribution in [2.45, 2.75) is 20.3 Å². The molecule has 0 saturated heterocycles. The number of nitrogens with zero attached hydrogens (tertiary/aromatic N) is 3. The highest BCUT2D eigenvalue weighted by atomic mass is 35.5. The SMILES string of the molecule is CC(C)COc1c/c(=N/C(=O)Cc2ccccc2Cl)cnn1-c1ccccc1. The van der Waals surface area contributed by atoms with E-state index in [1.54, 1.807) is 23.0 Å². The van der Waals surface area contributed by atoms with E-state index in [1.165, 1.54) is 0 Å². The largest absolute Gasteiger partial charge is 0.477 e. The van der Waals surface area contributed by atoms with Crippen LogP contribution in [0.2, 0.25) is 5.02 Å². The maximum atomic E-state index is 12.4. The highest BCUT2D eigenvalue weighted by molar-refractivity contribution is 6.31. The average Bonchev–Trinajstić information content (AvgIpc) is 2.69. The predicted molar refractivity (Wildman–Crippen MR) is 110 cm³/mol. The number of aromatic nitrogens is 2. The van der Waals surface area contributed by atoms with Gasteiger partial charge >= 0.3 is 0 Å². The minimum atomic E-state index is -0.290. The maximum Gasteiger partial charge on any atom is 0.250 e. The number of halogens is 1. The normalized spacial score (nSPS) is 11.6. The van der Waals surface area contributed by atoms with Gasteiger partial charge < -0.3 is 4.74 Å². The Morgan fingerprint density at radius 2 is 1.86 bits per heavy atom. The monoisotopic (exact) mass is 395 g/mol. The molecule has 6 heteroatoms. The molecule has 28 heavy (non-hydrogen) atoms. The van der Waals surface area contributed by atoms with Crippen LogP contribution in [0, 0.1) is 5.92 Å². The lowest BCUT2D eigenvalue weighted by Crippen LogP contribution is -2.17. The van der Waals surface area contributed by atoms with Crippen molar-refractivity contribution in [2.24, 2.45) is 10.9 Å². The van der Waals surface area contributed by atoms with Gasteiger partial charge in [0.05, 0.1) is 30.3 Å². The molecule has 3 rings (SSSR count). The Hall–Kier alpha value is -2.92. The predicted octanol–water partition coefficient (Wildman–Crippen LogP) is 4.23. The zero-order valence-electron chi connectivity index (χ0n) is 15.9. The number of hydrogen-bond acceptors (Lipinski definition) is 3. The number of para-hydroxylation sites is 1. The molecule has 0 aliphatic heterocycles. The molecule has 0 saturated carbocycles. The summed E-state index contributed by atoms with van der Waals surface area (Å²) >= 11 is 6.13. The van der Waals surface area contributed by atoms with Crippen molar-refractivity contribution in [2.75, 3.05) is 6.61 Å². The first kappa shape index (κ1) is 19.8. The van der Waals surface area contributed by atoms with E-state index in [4.69, 9.17) is 16.3 Å². The van der Waals surface area contributed by atoms with Gasteiger partial charge in [-0.3, -0.25) is 4.79 Å². The molecule has 0 atom stereocenters. The van der Waals surface area contributed by atoms with Crippen LogP contribution in [0.15, 0.2) is 71.9 Å². The molecule has 0 N–H and O–H groups in total. The number of amides is 1. The fourth-order valence-electron chi connectivity index (χ4n) is 2.57. The lowest BCUT2D eigenvalue weighted by atomic mass is 10.1. The van der Waals surface area contributed by atoms with Crippen molar-refractivity contribution < 1.29 is 9.53 Å². The molecule has 0 aliphatic rings.